The van der Waals surface area contributed by atoms with E-state index in [0.717, 1.165) is 48.1 Å². The van der Waals surface area contributed by atoms with Gasteiger partial charge < -0.3 is 5.32 Å². The van der Waals surface area contributed by atoms with Crippen molar-refractivity contribution in [1.29, 1.82) is 0 Å². The smallest absolute Gasteiger partial charge is 0.251 e. The molecule has 5 nitrogen and oxygen atoms in total. The number of nitrogens with one attached hydrogen (secondary N) is 1. The van der Waals surface area contributed by atoms with Crippen LogP contribution < -0.4 is 5.32 Å². The number of nitrogens with zero attached hydrogens (tertiary/aromatic N) is 3. The monoisotopic (exact) mass is 338 g/mol. The van der Waals surface area contributed by atoms with Gasteiger partial charge in [-0.15, -0.1) is 0 Å². The number of aromatic nitrogens is 2. The molecule has 1 aromatic carbocycles. The number of aryl methyl sites for hydroxylation is 2. The summed E-state index contributed by atoms with van der Waals surface area (Å²) in [6.07, 6.45) is 3.72. The van der Waals surface area contributed by atoms with E-state index in [0.29, 0.717) is 6.54 Å². The van der Waals surface area contributed by atoms with Gasteiger partial charge in [0.1, 0.15) is 0 Å². The van der Waals surface area contributed by atoms with E-state index in [1.165, 1.54) is 12.8 Å². The summed E-state index contributed by atoms with van der Waals surface area (Å²) >= 11 is 0. The minimum atomic E-state index is 0.0397. The summed E-state index contributed by atoms with van der Waals surface area (Å²) < 4.78 is 1.98. The second kappa shape index (κ2) is 6.64. The average molecular weight is 338 g/mol. The van der Waals surface area contributed by atoms with E-state index in [-0.39, 0.29) is 11.9 Å². The summed E-state index contributed by atoms with van der Waals surface area (Å²) in [5, 5.41) is 7.72. The standard InChI is InChI=1S/C20H26N4O/c1-14-10-15(2)24(22-14)12-16-4-3-5-17(11-16)20(25)21-18-8-9-23(13-18)19-6-7-19/h3-5,10-11,18-19H,6-9,12-13H2,1-2H3,(H,21,25)/t18-/m1/s1. The van der Waals surface area contributed by atoms with Gasteiger partial charge in [-0.25, -0.2) is 0 Å². The van der Waals surface area contributed by atoms with Crippen LogP contribution >= 0.6 is 0 Å². The van der Waals surface area contributed by atoms with Crippen molar-refractivity contribution in [3.63, 3.8) is 0 Å². The molecule has 25 heavy (non-hydrogen) atoms. The van der Waals surface area contributed by atoms with Crippen molar-refractivity contribution < 1.29 is 4.79 Å². The zero-order chi connectivity index (χ0) is 17.4. The van der Waals surface area contributed by atoms with Crippen LogP contribution in [0.2, 0.25) is 0 Å². The molecular weight excluding hydrogens is 312 g/mol. The Hall–Kier alpha value is -2.14. The van der Waals surface area contributed by atoms with Crippen molar-refractivity contribution in [2.45, 2.75) is 51.7 Å². The van der Waals surface area contributed by atoms with E-state index in [1.807, 2.05) is 29.8 Å². The lowest BCUT2D eigenvalue weighted by Gasteiger charge is -2.16. The first-order chi connectivity index (χ1) is 12.1. The van der Waals surface area contributed by atoms with Crippen LogP contribution in [0.15, 0.2) is 30.3 Å². The highest BCUT2D eigenvalue weighted by Crippen LogP contribution is 2.29. The van der Waals surface area contributed by atoms with Crippen molar-refractivity contribution in [1.82, 2.24) is 20.0 Å². The highest BCUT2D eigenvalue weighted by Gasteiger charge is 2.34. The van der Waals surface area contributed by atoms with E-state index < -0.39 is 0 Å². The summed E-state index contributed by atoms with van der Waals surface area (Å²) in [5.41, 5.74) is 4.00. The van der Waals surface area contributed by atoms with Crippen LogP contribution in [-0.4, -0.2) is 45.8 Å². The molecule has 1 aliphatic heterocycles. The predicted molar refractivity (Wildman–Crippen MR) is 97.7 cm³/mol. The molecule has 2 aromatic rings. The molecule has 2 aliphatic rings. The van der Waals surface area contributed by atoms with Crippen molar-refractivity contribution in [2.24, 2.45) is 0 Å². The van der Waals surface area contributed by atoms with Crippen molar-refractivity contribution in [3.05, 3.63) is 52.8 Å². The van der Waals surface area contributed by atoms with Gasteiger partial charge in [0, 0.05) is 36.4 Å². The van der Waals surface area contributed by atoms with E-state index in [4.69, 9.17) is 0 Å². The first kappa shape index (κ1) is 16.3. The second-order valence-electron chi connectivity index (χ2n) is 7.47. The lowest BCUT2D eigenvalue weighted by atomic mass is 10.1. The highest BCUT2D eigenvalue weighted by molar-refractivity contribution is 5.94. The number of hydrogen-bond acceptors (Lipinski definition) is 3. The molecule has 2 heterocycles. The molecule has 0 radical (unpaired) electrons. The molecule has 0 bridgehead atoms. The van der Waals surface area contributed by atoms with Gasteiger partial charge in [-0.2, -0.15) is 5.10 Å². The van der Waals surface area contributed by atoms with Crippen LogP contribution in [0.1, 0.15) is 46.6 Å². The summed E-state index contributed by atoms with van der Waals surface area (Å²) in [7, 11) is 0. The molecule has 1 amide bonds. The fraction of sp³-hybridized carbons (Fsp3) is 0.500. The molecule has 1 saturated heterocycles. The Morgan fingerprint density at radius 3 is 2.80 bits per heavy atom. The summed E-state index contributed by atoms with van der Waals surface area (Å²) in [4.78, 5) is 15.1. The fourth-order valence-corrected chi connectivity index (χ4v) is 3.76. The first-order valence-electron chi connectivity index (χ1n) is 9.23. The van der Waals surface area contributed by atoms with Crippen LogP contribution in [0.5, 0.6) is 0 Å². The summed E-state index contributed by atoms with van der Waals surface area (Å²) in [5.74, 6) is 0.0397. The van der Waals surface area contributed by atoms with E-state index >= 15 is 0 Å². The molecule has 132 valence electrons. The average Bonchev–Trinajstić information content (AvgIpc) is 3.26. The van der Waals surface area contributed by atoms with E-state index in [2.05, 4.69) is 34.4 Å². The molecule has 0 unspecified atom stereocenters. The number of carbonyl (C=O) groups is 1. The molecule has 1 aromatic heterocycles. The van der Waals surface area contributed by atoms with Gasteiger partial charge in [0.05, 0.1) is 12.2 Å². The lowest BCUT2D eigenvalue weighted by molar-refractivity contribution is 0.0937. The first-order valence-corrected chi connectivity index (χ1v) is 9.23. The molecule has 1 N–H and O–H groups in total. The Balaban J connectivity index is 1.40. The summed E-state index contributed by atoms with van der Waals surface area (Å²) in [6, 6.07) is 11.0. The van der Waals surface area contributed by atoms with Gasteiger partial charge in [-0.3, -0.25) is 14.4 Å². The van der Waals surface area contributed by atoms with Crippen LogP contribution in [0.25, 0.3) is 0 Å². The van der Waals surface area contributed by atoms with E-state index in [9.17, 15) is 4.79 Å². The zero-order valence-electron chi connectivity index (χ0n) is 15.0. The largest absolute Gasteiger partial charge is 0.348 e. The minimum absolute atomic E-state index is 0.0397. The van der Waals surface area contributed by atoms with Gasteiger partial charge in [0.25, 0.3) is 5.91 Å². The Morgan fingerprint density at radius 2 is 2.08 bits per heavy atom. The lowest BCUT2D eigenvalue weighted by Crippen LogP contribution is -2.37. The number of carbonyl (C=O) groups excluding carboxylic acids is 1. The van der Waals surface area contributed by atoms with E-state index in [1.54, 1.807) is 0 Å². The normalized spacial score (nSPS) is 20.8. The molecule has 2 fully saturated rings. The van der Waals surface area contributed by atoms with Crippen LogP contribution in [0, 0.1) is 13.8 Å². The number of amides is 1. The number of likely N-dealkylation sites (tertiary alicyclic amines) is 1. The van der Waals surface area contributed by atoms with Crippen LogP contribution in [0.3, 0.4) is 0 Å². The molecule has 5 heteroatoms. The third-order valence-corrected chi connectivity index (χ3v) is 5.24. The Labute approximate surface area is 149 Å². The van der Waals surface area contributed by atoms with Gasteiger partial charge >= 0.3 is 0 Å². The second-order valence-corrected chi connectivity index (χ2v) is 7.47. The third kappa shape index (κ3) is 3.76. The minimum Gasteiger partial charge on any atom is -0.348 e. The van der Waals surface area contributed by atoms with Crippen LogP contribution in [0.4, 0.5) is 0 Å². The molecule has 1 saturated carbocycles. The van der Waals surface area contributed by atoms with Crippen molar-refractivity contribution in [2.75, 3.05) is 13.1 Å². The summed E-state index contributed by atoms with van der Waals surface area (Å²) in [6.45, 7) is 6.87. The van der Waals surface area contributed by atoms with Gasteiger partial charge in [0.15, 0.2) is 0 Å². The number of rotatable bonds is 5. The van der Waals surface area contributed by atoms with Gasteiger partial charge in [0.2, 0.25) is 0 Å². The highest BCUT2D eigenvalue weighted by atomic mass is 16.1. The Kier molecular flexibility index (Phi) is 4.34. The predicted octanol–water partition coefficient (Wildman–Crippen LogP) is 2.51. The molecule has 1 aliphatic carbocycles. The Morgan fingerprint density at radius 1 is 1.24 bits per heavy atom. The SMILES string of the molecule is Cc1cc(C)n(Cc2cccc(C(=O)N[C@@H]3CCN(C4CC4)C3)c2)n1. The maximum Gasteiger partial charge on any atom is 0.251 e. The Bertz CT molecular complexity index is 778. The maximum atomic E-state index is 12.6. The maximum absolute atomic E-state index is 12.6. The fourth-order valence-electron chi connectivity index (χ4n) is 3.76. The van der Waals surface area contributed by atoms with Crippen molar-refractivity contribution >= 4 is 5.91 Å². The molecule has 1 atom stereocenters. The topological polar surface area (TPSA) is 50.2 Å². The van der Waals surface area contributed by atoms with Crippen molar-refractivity contribution in [3.8, 4) is 0 Å². The third-order valence-electron chi connectivity index (χ3n) is 5.24. The zero-order valence-corrected chi connectivity index (χ0v) is 15.0. The van der Waals surface area contributed by atoms with Gasteiger partial charge in [-0.1, -0.05) is 12.1 Å². The molecule has 0 spiro atoms. The van der Waals surface area contributed by atoms with Crippen LogP contribution in [-0.2, 0) is 6.54 Å². The van der Waals surface area contributed by atoms with Gasteiger partial charge in [-0.05, 0) is 56.9 Å². The number of hydrogen-bond donors (Lipinski definition) is 1. The molecular formula is C20H26N4O. The number of benzene rings is 1. The molecule has 4 rings (SSSR count). The quantitative estimate of drug-likeness (QED) is 0.911.